The van der Waals surface area contributed by atoms with Crippen LogP contribution in [0.4, 0.5) is 29.1 Å². The van der Waals surface area contributed by atoms with Crippen molar-refractivity contribution in [1.29, 1.82) is 5.26 Å². The molecular formula is C45H38N24O5. The summed E-state index contributed by atoms with van der Waals surface area (Å²) in [5, 5.41) is 20.2. The lowest BCUT2D eigenvalue weighted by atomic mass is 10.1. The Bertz CT molecular complexity index is 3780. The first kappa shape index (κ1) is 49.0. The third-order valence-corrected chi connectivity index (χ3v) is 9.68. The van der Waals surface area contributed by atoms with Crippen LogP contribution < -0.4 is 39.7 Å². The summed E-state index contributed by atoms with van der Waals surface area (Å²) < 4.78 is 14.3. The van der Waals surface area contributed by atoms with Crippen molar-refractivity contribution in [2.24, 2.45) is 5.73 Å². The van der Waals surface area contributed by atoms with E-state index < -0.39 is 11.9 Å². The van der Waals surface area contributed by atoms with Gasteiger partial charge in [-0.1, -0.05) is 0 Å². The normalized spacial score (nSPS) is 10.5. The fraction of sp³-hybridized carbons (Fsp3) is 0.0444. The highest BCUT2D eigenvalue weighted by molar-refractivity contribution is 5.97. The lowest BCUT2D eigenvalue weighted by Crippen LogP contribution is -2.26. The zero-order valence-electron chi connectivity index (χ0n) is 38.1. The molecule has 0 fully saturated rings. The van der Waals surface area contributed by atoms with Gasteiger partial charge < -0.3 is 62.5 Å². The molecule has 1 amide bonds. The number of oxazole rings is 2. The van der Waals surface area contributed by atoms with Crippen LogP contribution in [0.5, 0.6) is 0 Å². The van der Waals surface area contributed by atoms with E-state index in [0.29, 0.717) is 63.9 Å². The number of carbonyl (C=O) groups is 2. The van der Waals surface area contributed by atoms with Crippen LogP contribution >= 0.6 is 0 Å². The minimum atomic E-state index is -1.26. The van der Waals surface area contributed by atoms with Gasteiger partial charge in [0.1, 0.15) is 70.4 Å². The monoisotopic (exact) mass is 994 g/mol. The van der Waals surface area contributed by atoms with Crippen LogP contribution in [-0.4, -0.2) is 95.6 Å². The number of aromatic nitrogens is 16. The molecule has 368 valence electrons. The van der Waals surface area contributed by atoms with Crippen LogP contribution in [0.15, 0.2) is 132 Å². The van der Waals surface area contributed by atoms with Gasteiger partial charge in [-0.2, -0.15) is 5.26 Å². The van der Waals surface area contributed by atoms with Crippen molar-refractivity contribution in [3.05, 3.63) is 152 Å². The molecule has 0 atom stereocenters. The first-order valence-electron chi connectivity index (χ1n) is 21.2. The minimum Gasteiger partial charge on any atom is -0.476 e. The van der Waals surface area contributed by atoms with Gasteiger partial charge in [0.05, 0.1) is 25.5 Å². The minimum absolute atomic E-state index is 0.0445. The maximum Gasteiger partial charge on any atom is 0.358 e. The molecule has 0 aliphatic rings. The van der Waals surface area contributed by atoms with E-state index in [1.165, 1.54) is 43.4 Å². The molecule has 0 aromatic carbocycles. The Kier molecular flexibility index (Phi) is 14.8. The number of nitrogens with zero attached hydrogens (tertiary/aromatic N) is 17. The summed E-state index contributed by atoms with van der Waals surface area (Å²) in [4.78, 5) is 81.0. The summed E-state index contributed by atoms with van der Waals surface area (Å²) in [7, 11) is 0. The average molecular weight is 995 g/mol. The Morgan fingerprint density at radius 1 is 0.568 bits per heavy atom. The molecule has 11 heterocycles. The second-order valence-corrected chi connectivity index (χ2v) is 14.6. The zero-order valence-corrected chi connectivity index (χ0v) is 38.1. The summed E-state index contributed by atoms with van der Waals surface area (Å²) in [5.74, 6) is 0.477. The predicted octanol–water partition coefficient (Wildman–Crippen LogP) is 2.51. The number of carbonyl (C=O) groups excluding carboxylic acids is 1. The number of nitrogens with one attached hydrogen (secondary N) is 1. The lowest BCUT2D eigenvalue weighted by Gasteiger charge is -2.11. The SMILES string of the molecule is N#Cc1nccc(N)n1.NCc1nccc(N)n1.Nc1ccnc(CNC(=O)c2nc(-c3ccc4nccn4c3)c(-c3ncco3)nc2N)n1.Nc1nc(-c2ncco2)c(-c2ccc3nccn3c2)nc1C(=O)O. The zero-order chi connectivity index (χ0) is 52.1. The van der Waals surface area contributed by atoms with Gasteiger partial charge in [-0.15, -0.1) is 0 Å². The summed E-state index contributed by atoms with van der Waals surface area (Å²) >= 11 is 0. The number of aromatic carboxylic acids is 1. The van der Waals surface area contributed by atoms with Crippen LogP contribution in [0.2, 0.25) is 0 Å². The molecule has 0 aliphatic heterocycles. The Labute approximate surface area is 415 Å². The van der Waals surface area contributed by atoms with Crippen LogP contribution in [0.3, 0.4) is 0 Å². The number of imidazole rings is 2. The van der Waals surface area contributed by atoms with Gasteiger partial charge in [0.25, 0.3) is 5.91 Å². The van der Waals surface area contributed by atoms with E-state index in [-0.39, 0.29) is 52.9 Å². The Hall–Kier alpha value is -11.4. The maximum atomic E-state index is 12.8. The van der Waals surface area contributed by atoms with E-state index in [1.807, 2.05) is 22.7 Å². The number of nitrogen functional groups attached to an aromatic ring is 5. The number of pyridine rings is 2. The lowest BCUT2D eigenvalue weighted by molar-refractivity contribution is 0.0691. The molecule has 0 bridgehead atoms. The molecule has 11 aromatic rings. The molecule has 0 saturated carbocycles. The van der Waals surface area contributed by atoms with Crippen molar-refractivity contribution in [3.63, 3.8) is 0 Å². The second kappa shape index (κ2) is 22.3. The number of anilines is 5. The third-order valence-electron chi connectivity index (χ3n) is 9.68. The van der Waals surface area contributed by atoms with Gasteiger partial charge >= 0.3 is 5.97 Å². The van der Waals surface area contributed by atoms with E-state index >= 15 is 0 Å². The van der Waals surface area contributed by atoms with Gasteiger partial charge in [-0.25, -0.2) is 74.6 Å². The molecule has 0 radical (unpaired) electrons. The quantitative estimate of drug-likeness (QED) is 0.103. The van der Waals surface area contributed by atoms with Crippen LogP contribution in [-0.2, 0) is 13.1 Å². The number of hydrogen-bond donors (Lipinski definition) is 8. The number of nitrogens with two attached hydrogens (primary N) is 6. The van der Waals surface area contributed by atoms with E-state index in [9.17, 15) is 14.7 Å². The fourth-order valence-electron chi connectivity index (χ4n) is 6.41. The molecule has 14 N–H and O–H groups in total. The van der Waals surface area contributed by atoms with E-state index in [4.69, 9.17) is 48.5 Å². The van der Waals surface area contributed by atoms with Crippen LogP contribution in [0, 0.1) is 11.3 Å². The predicted molar refractivity (Wildman–Crippen MR) is 262 cm³/mol. The number of carboxylic acid groups (broad SMARTS) is 1. The highest BCUT2D eigenvalue weighted by atomic mass is 16.4. The third kappa shape index (κ3) is 11.7. The van der Waals surface area contributed by atoms with Gasteiger partial charge in [0.2, 0.25) is 17.6 Å². The summed E-state index contributed by atoms with van der Waals surface area (Å²) in [6, 6.07) is 13.7. The van der Waals surface area contributed by atoms with E-state index in [1.54, 1.807) is 71.9 Å². The number of rotatable bonds is 9. The molecule has 11 rings (SSSR count). The number of amides is 1. The van der Waals surface area contributed by atoms with Crippen LogP contribution in [0.25, 0.3) is 57.0 Å². The van der Waals surface area contributed by atoms with Gasteiger partial charge in [0.15, 0.2) is 34.4 Å². The first-order valence-corrected chi connectivity index (χ1v) is 21.2. The molecular weight excluding hydrogens is 957 g/mol. The highest BCUT2D eigenvalue weighted by Gasteiger charge is 2.24. The van der Waals surface area contributed by atoms with Gasteiger partial charge in [-0.3, -0.25) is 4.79 Å². The van der Waals surface area contributed by atoms with Crippen molar-refractivity contribution in [3.8, 4) is 51.8 Å². The number of nitriles is 1. The number of hydrogen-bond acceptors (Lipinski definition) is 25. The van der Waals surface area contributed by atoms with Crippen molar-refractivity contribution < 1.29 is 23.5 Å². The topological polar surface area (TPSA) is 462 Å². The van der Waals surface area contributed by atoms with E-state index in [0.717, 1.165) is 11.3 Å². The molecule has 29 nitrogen and oxygen atoms in total. The summed E-state index contributed by atoms with van der Waals surface area (Å²) in [6.07, 6.45) is 20.8. The standard InChI is InChI=1S/C20H16N10O2.C15H10N6O3.C5H8N4.C5H4N4/c21-12-3-4-23-13(27-12)9-26-19(31)17-18(22)29-16(20-25-6-8-32-20)15(28-17)11-1-2-14-24-5-7-30(14)10-11;16-13-12(15(22)23)19-10(11(20-13)14-18-4-6-24-14)8-1-2-9-17-3-5-21(9)7-8;2*6-3-5-8-2-1-4(7)9-5/h1-8,10H,9H2,(H2,22,29)(H,26,31)(H2,21,23,27);1-7H,(H2,16,20)(H,22,23);1-2H,3,6H2,(H2,7,8,9);1-2H,(H2,7,8,9). The van der Waals surface area contributed by atoms with Crippen molar-refractivity contribution in [2.75, 3.05) is 28.7 Å². The van der Waals surface area contributed by atoms with Crippen LogP contribution in [0.1, 0.15) is 38.5 Å². The smallest absolute Gasteiger partial charge is 0.358 e. The second-order valence-electron chi connectivity index (χ2n) is 14.6. The van der Waals surface area contributed by atoms with Gasteiger partial charge in [0, 0.05) is 66.9 Å². The van der Waals surface area contributed by atoms with E-state index in [2.05, 4.69) is 75.1 Å². The van der Waals surface area contributed by atoms with Crippen molar-refractivity contribution in [2.45, 2.75) is 13.1 Å². The van der Waals surface area contributed by atoms with Gasteiger partial charge in [-0.05, 0) is 42.5 Å². The largest absolute Gasteiger partial charge is 0.476 e. The fourth-order valence-corrected chi connectivity index (χ4v) is 6.41. The molecule has 0 saturated heterocycles. The first-order chi connectivity index (χ1) is 35.9. The summed E-state index contributed by atoms with van der Waals surface area (Å²) in [6.45, 7) is 0.383. The molecule has 0 unspecified atom stereocenters. The number of carboxylic acids is 1. The average Bonchev–Trinajstić information content (AvgIpc) is 4.28. The summed E-state index contributed by atoms with van der Waals surface area (Å²) in [5.41, 5.74) is 36.9. The Morgan fingerprint density at radius 2 is 1.07 bits per heavy atom. The molecule has 0 spiro atoms. The molecule has 74 heavy (non-hydrogen) atoms. The molecule has 0 aliphatic carbocycles. The maximum absolute atomic E-state index is 12.8. The number of fused-ring (bicyclic) bond motifs is 2. The molecule has 11 aromatic heterocycles. The Morgan fingerprint density at radius 3 is 1.53 bits per heavy atom. The van der Waals surface area contributed by atoms with Crippen molar-refractivity contribution >= 4 is 52.3 Å². The van der Waals surface area contributed by atoms with Crippen molar-refractivity contribution in [1.82, 2.24) is 83.9 Å². The Balaban J connectivity index is 0.000000151. The molecule has 29 heteroatoms. The highest BCUT2D eigenvalue weighted by Crippen LogP contribution is 2.32.